The first-order chi connectivity index (χ1) is 14.7. The molecule has 31 heavy (non-hydrogen) atoms. The summed E-state index contributed by atoms with van der Waals surface area (Å²) in [6.07, 6.45) is 2.51. The highest BCUT2D eigenvalue weighted by Crippen LogP contribution is 2.45. The van der Waals surface area contributed by atoms with Crippen LogP contribution in [0.1, 0.15) is 110 Å². The molecule has 8 heteroatoms. The normalized spacial score (nSPS) is 10.6. The van der Waals surface area contributed by atoms with E-state index in [0.717, 1.165) is 6.42 Å². The molecule has 8 nitrogen and oxygen atoms in total. The zero-order valence-electron chi connectivity index (χ0n) is 18.7. The summed E-state index contributed by atoms with van der Waals surface area (Å²) in [5, 5.41) is 21.1. The van der Waals surface area contributed by atoms with E-state index in [1.54, 1.807) is 20.8 Å². The Labute approximate surface area is 182 Å². The standard InChI is InChI=1S/C23H32O8/c1-5-9-13-30-23(29)19-17(14(24)10-6-2)20(27)21(28)22(31-16(26)12-8-4)18(19)15(25)11-7-3/h27-28H,5-13H2,1-4H3. The molecular formula is C23H32O8. The van der Waals surface area contributed by atoms with E-state index in [0.29, 0.717) is 25.7 Å². The lowest BCUT2D eigenvalue weighted by atomic mass is 9.90. The third-order valence-electron chi connectivity index (χ3n) is 4.52. The van der Waals surface area contributed by atoms with Crippen LogP contribution in [0.25, 0.3) is 0 Å². The van der Waals surface area contributed by atoms with Crippen molar-refractivity contribution in [2.45, 2.75) is 79.1 Å². The van der Waals surface area contributed by atoms with E-state index in [2.05, 4.69) is 0 Å². The van der Waals surface area contributed by atoms with Crippen molar-refractivity contribution in [3.63, 3.8) is 0 Å². The van der Waals surface area contributed by atoms with Gasteiger partial charge in [0.2, 0.25) is 5.75 Å². The number of Topliss-reactive ketones (excluding diaryl/α,β-unsaturated/α-hetero) is 2. The van der Waals surface area contributed by atoms with Crippen LogP contribution in [-0.2, 0) is 9.53 Å². The molecule has 172 valence electrons. The molecule has 0 fully saturated rings. The quantitative estimate of drug-likeness (QED) is 0.149. The van der Waals surface area contributed by atoms with Crippen molar-refractivity contribution >= 4 is 23.5 Å². The van der Waals surface area contributed by atoms with Crippen molar-refractivity contribution in [3.05, 3.63) is 16.7 Å². The van der Waals surface area contributed by atoms with Gasteiger partial charge >= 0.3 is 11.9 Å². The molecule has 0 bridgehead atoms. The lowest BCUT2D eigenvalue weighted by Gasteiger charge is -2.19. The summed E-state index contributed by atoms with van der Waals surface area (Å²) in [5.74, 6) is -5.43. The van der Waals surface area contributed by atoms with Crippen LogP contribution in [0.15, 0.2) is 0 Å². The SMILES string of the molecule is CCCCOC(=O)c1c(C(=O)CCC)c(O)c(O)c(OC(=O)CCC)c1C(=O)CCC. The van der Waals surface area contributed by atoms with Gasteiger partial charge in [-0.05, 0) is 25.7 Å². The number of unbranched alkanes of at least 4 members (excludes halogenated alkanes) is 1. The van der Waals surface area contributed by atoms with E-state index in [1.165, 1.54) is 0 Å². The van der Waals surface area contributed by atoms with E-state index in [1.807, 2.05) is 6.92 Å². The van der Waals surface area contributed by atoms with E-state index < -0.39 is 57.4 Å². The van der Waals surface area contributed by atoms with Gasteiger partial charge < -0.3 is 19.7 Å². The van der Waals surface area contributed by atoms with Gasteiger partial charge in [-0.15, -0.1) is 0 Å². The number of hydrogen-bond donors (Lipinski definition) is 2. The Kier molecular flexibility index (Phi) is 10.7. The van der Waals surface area contributed by atoms with E-state index in [-0.39, 0.29) is 25.9 Å². The van der Waals surface area contributed by atoms with Gasteiger partial charge in [0, 0.05) is 19.3 Å². The average Bonchev–Trinajstić information content (AvgIpc) is 2.71. The fourth-order valence-corrected chi connectivity index (χ4v) is 3.00. The van der Waals surface area contributed by atoms with Crippen LogP contribution in [0, 0.1) is 0 Å². The van der Waals surface area contributed by atoms with Crippen LogP contribution >= 0.6 is 0 Å². The Morgan fingerprint density at radius 2 is 1.26 bits per heavy atom. The zero-order chi connectivity index (χ0) is 23.6. The number of aromatic hydroxyl groups is 2. The minimum absolute atomic E-state index is 0.00555. The predicted octanol–water partition coefficient (Wildman–Crippen LogP) is 4.73. The second-order valence-corrected chi connectivity index (χ2v) is 7.21. The second-order valence-electron chi connectivity index (χ2n) is 7.21. The molecule has 0 atom stereocenters. The summed E-state index contributed by atoms with van der Waals surface area (Å²) in [4.78, 5) is 50.8. The Morgan fingerprint density at radius 3 is 1.77 bits per heavy atom. The lowest BCUT2D eigenvalue weighted by molar-refractivity contribution is -0.134. The molecular weight excluding hydrogens is 404 g/mol. The van der Waals surface area contributed by atoms with Crippen LogP contribution in [0.2, 0.25) is 0 Å². The highest BCUT2D eigenvalue weighted by molar-refractivity contribution is 6.17. The largest absolute Gasteiger partial charge is 0.504 e. The smallest absolute Gasteiger partial charge is 0.339 e. The first-order valence-electron chi connectivity index (χ1n) is 10.8. The molecule has 0 radical (unpaired) electrons. The van der Waals surface area contributed by atoms with Crippen LogP contribution in [-0.4, -0.2) is 40.3 Å². The van der Waals surface area contributed by atoms with Crippen LogP contribution in [0.4, 0.5) is 0 Å². The number of ketones is 2. The molecule has 2 N–H and O–H groups in total. The second kappa shape index (κ2) is 12.7. The maximum atomic E-state index is 13.0. The Balaban J connectivity index is 3.86. The number of benzene rings is 1. The molecule has 0 aliphatic rings. The number of ether oxygens (including phenoxy) is 2. The number of phenolic OH excluding ortho intramolecular Hbond substituents is 2. The minimum Gasteiger partial charge on any atom is -0.504 e. The molecule has 1 aromatic rings. The monoisotopic (exact) mass is 436 g/mol. The van der Waals surface area contributed by atoms with Crippen molar-refractivity contribution in [2.75, 3.05) is 6.61 Å². The van der Waals surface area contributed by atoms with Gasteiger partial charge in [0.25, 0.3) is 0 Å². The van der Waals surface area contributed by atoms with Gasteiger partial charge in [-0.2, -0.15) is 0 Å². The molecule has 1 aromatic carbocycles. The van der Waals surface area contributed by atoms with Crippen molar-refractivity contribution in [1.82, 2.24) is 0 Å². The summed E-state index contributed by atoms with van der Waals surface area (Å²) in [6.45, 7) is 7.16. The summed E-state index contributed by atoms with van der Waals surface area (Å²) >= 11 is 0. The number of rotatable bonds is 13. The number of esters is 2. The van der Waals surface area contributed by atoms with Crippen molar-refractivity contribution < 1.29 is 38.9 Å². The topological polar surface area (TPSA) is 127 Å². The molecule has 0 unspecified atom stereocenters. The number of hydrogen-bond acceptors (Lipinski definition) is 8. The minimum atomic E-state index is -0.990. The number of carbonyl (C=O) groups is 4. The van der Waals surface area contributed by atoms with Gasteiger partial charge in [0.1, 0.15) is 0 Å². The highest BCUT2D eigenvalue weighted by Gasteiger charge is 2.35. The molecule has 1 rings (SSSR count). The molecule has 0 saturated carbocycles. The Morgan fingerprint density at radius 1 is 0.710 bits per heavy atom. The van der Waals surface area contributed by atoms with Gasteiger partial charge in [0.15, 0.2) is 23.1 Å². The average molecular weight is 437 g/mol. The van der Waals surface area contributed by atoms with Crippen LogP contribution < -0.4 is 4.74 Å². The van der Waals surface area contributed by atoms with Gasteiger partial charge in [-0.25, -0.2) is 4.79 Å². The summed E-state index contributed by atoms with van der Waals surface area (Å²) in [6, 6.07) is 0. The molecule has 0 aliphatic heterocycles. The first-order valence-corrected chi connectivity index (χ1v) is 10.8. The van der Waals surface area contributed by atoms with Crippen molar-refractivity contribution in [3.8, 4) is 17.2 Å². The van der Waals surface area contributed by atoms with E-state index >= 15 is 0 Å². The lowest BCUT2D eigenvalue weighted by Crippen LogP contribution is -2.21. The predicted molar refractivity (Wildman–Crippen MR) is 114 cm³/mol. The summed E-state index contributed by atoms with van der Waals surface area (Å²) in [7, 11) is 0. The molecule has 0 aromatic heterocycles. The van der Waals surface area contributed by atoms with Crippen LogP contribution in [0.3, 0.4) is 0 Å². The summed E-state index contributed by atoms with van der Waals surface area (Å²) in [5.41, 5.74) is -1.37. The highest BCUT2D eigenvalue weighted by atomic mass is 16.5. The molecule has 0 spiro atoms. The first kappa shape index (κ1) is 26.1. The van der Waals surface area contributed by atoms with Gasteiger partial charge in [-0.1, -0.05) is 34.1 Å². The molecule has 0 saturated heterocycles. The van der Waals surface area contributed by atoms with Crippen molar-refractivity contribution in [2.24, 2.45) is 0 Å². The third kappa shape index (κ3) is 6.54. The molecule has 0 heterocycles. The molecule has 0 amide bonds. The Hall–Kier alpha value is -2.90. The maximum Gasteiger partial charge on any atom is 0.339 e. The van der Waals surface area contributed by atoms with E-state index in [4.69, 9.17) is 9.47 Å². The fourth-order valence-electron chi connectivity index (χ4n) is 3.00. The van der Waals surface area contributed by atoms with Gasteiger partial charge in [0.05, 0.1) is 23.3 Å². The molecule has 0 aliphatic carbocycles. The zero-order valence-corrected chi connectivity index (χ0v) is 18.7. The summed E-state index contributed by atoms with van der Waals surface area (Å²) < 4.78 is 10.4. The van der Waals surface area contributed by atoms with Gasteiger partial charge in [-0.3, -0.25) is 14.4 Å². The van der Waals surface area contributed by atoms with Crippen molar-refractivity contribution in [1.29, 1.82) is 0 Å². The van der Waals surface area contributed by atoms with E-state index in [9.17, 15) is 29.4 Å². The third-order valence-corrected chi connectivity index (χ3v) is 4.52. The van der Waals surface area contributed by atoms with Crippen LogP contribution in [0.5, 0.6) is 17.2 Å². The maximum absolute atomic E-state index is 13.0. The number of phenols is 2. The number of carbonyl (C=O) groups excluding carboxylic acids is 4. The Bertz CT molecular complexity index is 826. The fraction of sp³-hybridized carbons (Fsp3) is 0.565.